The van der Waals surface area contributed by atoms with E-state index in [1.807, 2.05) is 46.6 Å². The van der Waals surface area contributed by atoms with Crippen molar-refractivity contribution in [2.45, 2.75) is 180 Å². The van der Waals surface area contributed by atoms with Gasteiger partial charge < -0.3 is 76.5 Å². The molecule has 0 aliphatic carbocycles. The molecule has 2 heterocycles. The van der Waals surface area contributed by atoms with E-state index in [1.165, 1.54) is 29.3 Å². The molecule has 2 aromatic rings. The summed E-state index contributed by atoms with van der Waals surface area (Å²) in [6, 6.07) is 2.11. The number of carbonyl (C=O) groups excluding carboxylic acids is 8. The number of hydrazine groups is 1. The summed E-state index contributed by atoms with van der Waals surface area (Å²) in [4.78, 5) is 126. The molecule has 1 fully saturated rings. The molecule has 31 heteroatoms. The van der Waals surface area contributed by atoms with Crippen LogP contribution in [0, 0.1) is 23.7 Å². The Hall–Kier alpha value is -5.90. The van der Waals surface area contributed by atoms with Crippen LogP contribution in [0.25, 0.3) is 0 Å². The van der Waals surface area contributed by atoms with Gasteiger partial charge in [0.1, 0.15) is 59.6 Å². The number of phenols is 1. The topological polar surface area (TPSA) is 425 Å². The number of thiazole rings is 1. The fourth-order valence-corrected chi connectivity index (χ4v) is 12.1. The molecule has 0 bridgehead atoms. The van der Waals surface area contributed by atoms with E-state index >= 15 is 0 Å². The van der Waals surface area contributed by atoms with Crippen molar-refractivity contribution in [3.63, 3.8) is 0 Å². The number of likely N-dealkylation sites (tertiary alicyclic amines) is 1. The number of phenolic OH excluding ortho intramolecular Hbond substituents is 1. The Morgan fingerprint density at radius 2 is 1.52 bits per heavy atom. The van der Waals surface area contributed by atoms with E-state index in [9.17, 15) is 78.9 Å². The van der Waals surface area contributed by atoms with Crippen LogP contribution in [0.3, 0.4) is 0 Å². The molecule has 7 amide bonds. The van der Waals surface area contributed by atoms with Crippen molar-refractivity contribution in [1.82, 2.24) is 46.9 Å². The summed E-state index contributed by atoms with van der Waals surface area (Å²) >= 11 is 1.02. The molecule has 28 nitrogen and oxygen atoms in total. The van der Waals surface area contributed by atoms with E-state index in [-0.39, 0.29) is 90.8 Å². The number of aromatic hydroxyl groups is 1. The number of aromatic nitrogens is 1. The number of aliphatic hydroxyl groups is 6. The number of ether oxygens (including phenoxy) is 2. The van der Waals surface area contributed by atoms with Gasteiger partial charge in [-0.3, -0.25) is 43.9 Å². The molecule has 13 atom stereocenters. The molecule has 1 aliphatic rings. The molecule has 0 spiro atoms. The molecule has 1 saturated heterocycles. The van der Waals surface area contributed by atoms with Gasteiger partial charge in [-0.25, -0.2) is 20.0 Å². The van der Waals surface area contributed by atoms with Gasteiger partial charge in [0.05, 0.1) is 18.8 Å². The lowest BCUT2D eigenvalue weighted by atomic mass is 9.92. The van der Waals surface area contributed by atoms with E-state index in [2.05, 4.69) is 37.1 Å². The van der Waals surface area contributed by atoms with Gasteiger partial charge in [-0.05, 0) is 81.6 Å². The number of esters is 1. The Bertz CT molecular complexity index is 2570. The quantitative estimate of drug-likeness (QED) is 0.0148. The molecule has 14 N–H and O–H groups in total. The van der Waals surface area contributed by atoms with E-state index in [4.69, 9.17) is 14.6 Å². The molecule has 1 aromatic carbocycles. The average Bonchev–Trinajstić information content (AvgIpc) is 2.25. The number of nitrogens with one attached hydrogen (secondary N) is 6. The number of benzene rings is 1. The van der Waals surface area contributed by atoms with Crippen molar-refractivity contribution < 1.29 is 93.5 Å². The predicted molar refractivity (Wildman–Crippen MR) is 331 cm³/mol. The fourth-order valence-electron chi connectivity index (χ4n) is 9.37. The van der Waals surface area contributed by atoms with Crippen LogP contribution >= 0.6 is 32.9 Å². The van der Waals surface area contributed by atoms with Crippen LogP contribution in [0.15, 0.2) is 29.6 Å². The highest BCUT2D eigenvalue weighted by Gasteiger charge is 2.39. The van der Waals surface area contributed by atoms with Crippen LogP contribution in [-0.2, 0) is 49.5 Å². The number of carboxylic acid groups (broad SMARTS) is 1. The molecule has 0 radical (unpaired) electrons. The number of carbonyl (C=O) groups is 9. The summed E-state index contributed by atoms with van der Waals surface area (Å²) in [7, 11) is 4.09. The highest BCUT2D eigenvalue weighted by molar-refractivity contribution is 8.76. The maximum Gasteiger partial charge on any atom is 0.426 e. The molecule has 1 unspecified atom stereocenters. The molecule has 89 heavy (non-hydrogen) atoms. The van der Waals surface area contributed by atoms with Gasteiger partial charge >= 0.3 is 18.0 Å². The van der Waals surface area contributed by atoms with E-state index in [0.29, 0.717) is 24.8 Å². The van der Waals surface area contributed by atoms with Crippen molar-refractivity contribution in [1.29, 1.82) is 0 Å². The monoisotopic (exact) mass is 1320 g/mol. The molecule has 502 valence electrons. The highest BCUT2D eigenvalue weighted by atomic mass is 33.1. The number of hydrogen-bond acceptors (Lipinski definition) is 23. The number of piperidine rings is 1. The largest absolute Gasteiger partial charge is 0.508 e. The highest BCUT2D eigenvalue weighted by Crippen LogP contribution is 2.30. The van der Waals surface area contributed by atoms with Crippen molar-refractivity contribution in [3.8, 4) is 5.75 Å². The Labute approximate surface area is 531 Å². The number of rotatable bonds is 39. The van der Waals surface area contributed by atoms with Crippen LogP contribution in [0.4, 0.5) is 4.79 Å². The Balaban J connectivity index is 1.57. The minimum atomic E-state index is -1.88. The number of hydrogen-bond donors (Lipinski definition) is 14. The lowest BCUT2D eigenvalue weighted by molar-refractivity contribution is -0.159. The lowest BCUT2D eigenvalue weighted by Crippen LogP contribution is -2.59. The van der Waals surface area contributed by atoms with Crippen molar-refractivity contribution in [3.05, 3.63) is 45.9 Å². The fraction of sp³-hybridized carbons (Fsp3) is 0.690. The van der Waals surface area contributed by atoms with Crippen LogP contribution < -0.4 is 32.1 Å². The number of aliphatic carboxylic acids is 1. The van der Waals surface area contributed by atoms with Gasteiger partial charge in [-0.1, -0.05) is 95.0 Å². The first-order valence-electron chi connectivity index (χ1n) is 29.9. The molecular weight excluding hydrogens is 1220 g/mol. The zero-order valence-corrected chi connectivity index (χ0v) is 54.3. The normalized spacial score (nSPS) is 17.5. The third-order valence-corrected chi connectivity index (χ3v) is 18.5. The van der Waals surface area contributed by atoms with Crippen molar-refractivity contribution >= 4 is 86.4 Å². The van der Waals surface area contributed by atoms with Gasteiger partial charge in [-0.15, -0.1) is 11.3 Å². The zero-order chi connectivity index (χ0) is 66.5. The smallest absolute Gasteiger partial charge is 0.426 e. The van der Waals surface area contributed by atoms with Crippen LogP contribution in [0.2, 0.25) is 0 Å². The minimum Gasteiger partial charge on any atom is -0.508 e. The van der Waals surface area contributed by atoms with Crippen LogP contribution in [0.5, 0.6) is 5.75 Å². The second-order valence-electron chi connectivity index (χ2n) is 22.7. The third-order valence-electron chi connectivity index (χ3n) is 15.2. The van der Waals surface area contributed by atoms with Gasteiger partial charge in [0.15, 0.2) is 6.73 Å². The average molecular weight is 1320 g/mol. The summed E-state index contributed by atoms with van der Waals surface area (Å²) in [5.41, 5.74) is 5.14. The first kappa shape index (κ1) is 77.3. The first-order valence-corrected chi connectivity index (χ1v) is 33.3. The summed E-state index contributed by atoms with van der Waals surface area (Å²) in [5, 5.41) is 91.7. The van der Waals surface area contributed by atoms with Crippen LogP contribution in [-0.4, -0.2) is 215 Å². The molecule has 3 rings (SSSR count). The van der Waals surface area contributed by atoms with Crippen molar-refractivity contribution in [2.24, 2.45) is 23.7 Å². The second-order valence-corrected chi connectivity index (χ2v) is 26.2. The molecular formula is C58H93N9O19S3. The van der Waals surface area contributed by atoms with Gasteiger partial charge in [0.25, 0.3) is 5.91 Å². The third kappa shape index (κ3) is 26.8. The van der Waals surface area contributed by atoms with Gasteiger partial charge in [0.2, 0.25) is 29.5 Å². The van der Waals surface area contributed by atoms with E-state index in [1.54, 1.807) is 19.1 Å². The maximum absolute atomic E-state index is 14.8. The Morgan fingerprint density at radius 1 is 0.831 bits per heavy atom. The number of likely N-dealkylation sites (N-methyl/N-ethyl adjacent to an activating group) is 1. The predicted octanol–water partition coefficient (Wildman–Crippen LogP) is 1.49. The Morgan fingerprint density at radius 3 is 2.15 bits per heavy atom. The lowest BCUT2D eigenvalue weighted by Gasteiger charge is -2.39. The summed E-state index contributed by atoms with van der Waals surface area (Å²) in [5.74, 6) is -7.26. The number of amides is 7. The number of nitrogens with zero attached hydrogens (tertiary/aromatic N) is 3. The second kappa shape index (κ2) is 40.1. The maximum atomic E-state index is 14.8. The number of aliphatic hydroxyl groups excluding tert-OH is 6. The standard InChI is InChI=1S/C58H93N9O19S3/c1-9-13-47(74)86-31-67(56(81)48(33(5)10-2)63-54(80)41-14-11-12-21-66(41)8)42(32(3)4)26-43(70)55-62-39(29-87-55)53(79)60-37(25-36-16-18-38(69)19-17-36)24-35(7)52(78)64-65-58(84)85-22-23-88-89-30-40(57(82)83)61-51(77)34(6)15-20-46(73)59-27-44(71)49(75)50(76)45(72)28-68/h16-19,29,32-35,37,40-45,48-50,68-72,75-76H,9-15,20-28,30-31H2,1-8H3,(H,59,73)(H,60,79)(H,61,77)(H,63,80)(H,64,78)(H,65,84)(H,82,83)/t33?,34-,35-,37+,40-,41+,42+,43+,44-,45+,48-,49+,50+/m0/s1. The molecule has 0 saturated carbocycles. The summed E-state index contributed by atoms with van der Waals surface area (Å²) in [6.45, 7) is 11.1. The van der Waals surface area contributed by atoms with Gasteiger partial charge in [0, 0.05) is 66.6 Å². The molecule has 1 aliphatic heterocycles. The number of carboxylic acids is 1. The van der Waals surface area contributed by atoms with E-state index in [0.717, 1.165) is 52.3 Å². The van der Waals surface area contributed by atoms with Gasteiger partial charge in [-0.2, -0.15) is 0 Å². The van der Waals surface area contributed by atoms with Crippen molar-refractivity contribution in [2.75, 3.05) is 51.6 Å². The van der Waals surface area contributed by atoms with E-state index < -0.39 is 140 Å². The summed E-state index contributed by atoms with van der Waals surface area (Å²) < 4.78 is 10.8. The zero-order valence-electron chi connectivity index (χ0n) is 51.8. The Kier molecular flexibility index (Phi) is 34.8. The minimum absolute atomic E-state index is 0.0124. The molecule has 1 aromatic heterocycles. The first-order chi connectivity index (χ1) is 42.1. The SMILES string of the molecule is CCCC(=O)OCN(C(=O)[C@@H](NC(=O)[C@H]1CCCCN1C)C(C)CC)[C@H](C[C@@H](O)c1nc(C(=O)N[C@@H](Cc2ccc(O)cc2)C[C@H](C)C(=O)NNC(=O)OCCSSC[C@H](NC(=O)[C@@H](C)CCC(=O)NC[C@H](O)[C@@H](O)[C@H](O)[C@H](O)CO)C(=O)O)cs1)C(C)C. The summed E-state index contributed by atoms with van der Waals surface area (Å²) in [6.07, 6.45) is -5.84. The van der Waals surface area contributed by atoms with Crippen LogP contribution in [0.1, 0.15) is 140 Å².